The maximum Gasteiger partial charge on any atom is 0.0826 e. The Labute approximate surface area is 74.1 Å². The van der Waals surface area contributed by atoms with E-state index < -0.39 is 0 Å². The van der Waals surface area contributed by atoms with Gasteiger partial charge in [-0.2, -0.15) is 0 Å². The summed E-state index contributed by atoms with van der Waals surface area (Å²) in [5, 5.41) is 3.17. The Morgan fingerprint density at radius 3 is 3.00 bits per heavy atom. The lowest BCUT2D eigenvalue weighted by Gasteiger charge is -2.32. The number of hydrogen-bond donors (Lipinski definition) is 1. The normalized spacial score (nSPS) is 32.2. The van der Waals surface area contributed by atoms with Crippen LogP contribution in [0.2, 0.25) is 0 Å². The predicted octanol–water partition coefficient (Wildman–Crippen LogP) is 0.0690. The Morgan fingerprint density at radius 1 is 1.50 bits per heavy atom. The minimum atomic E-state index is 0.421. The van der Waals surface area contributed by atoms with Crippen molar-refractivity contribution >= 4 is 0 Å². The number of likely N-dealkylation sites (N-methyl/N-ethyl adjacent to an activating group) is 1. The number of rotatable bonds is 3. The van der Waals surface area contributed by atoms with Crippen LogP contribution >= 0.6 is 0 Å². The lowest BCUT2D eigenvalue weighted by atomic mass is 10.2. The van der Waals surface area contributed by atoms with Crippen molar-refractivity contribution in [3.63, 3.8) is 0 Å². The highest BCUT2D eigenvalue weighted by atomic mass is 16.5. The van der Waals surface area contributed by atoms with Gasteiger partial charge in [0.1, 0.15) is 0 Å². The molecule has 0 radical (unpaired) electrons. The van der Waals surface area contributed by atoms with Crippen molar-refractivity contribution in [3.8, 4) is 0 Å². The van der Waals surface area contributed by atoms with Crippen LogP contribution in [0.15, 0.2) is 0 Å². The molecule has 0 bridgehead atoms. The average molecular weight is 170 g/mol. The summed E-state index contributed by atoms with van der Waals surface area (Å²) in [5.74, 6) is 0. The molecule has 1 unspecified atom stereocenters. The highest BCUT2D eigenvalue weighted by Crippen LogP contribution is 2.27. The molecule has 2 fully saturated rings. The molecule has 0 aromatic carbocycles. The van der Waals surface area contributed by atoms with E-state index >= 15 is 0 Å². The maximum absolute atomic E-state index is 5.62. The van der Waals surface area contributed by atoms with Crippen LogP contribution in [0, 0.1) is 0 Å². The molecule has 3 nitrogen and oxygen atoms in total. The van der Waals surface area contributed by atoms with Gasteiger partial charge in [0.15, 0.2) is 0 Å². The van der Waals surface area contributed by atoms with Crippen LogP contribution in [-0.4, -0.2) is 50.3 Å². The van der Waals surface area contributed by atoms with Gasteiger partial charge >= 0.3 is 0 Å². The lowest BCUT2D eigenvalue weighted by molar-refractivity contribution is -0.0292. The molecular weight excluding hydrogens is 152 g/mol. The molecule has 1 heterocycles. The molecule has 1 saturated carbocycles. The van der Waals surface area contributed by atoms with E-state index in [0.717, 1.165) is 32.3 Å². The third kappa shape index (κ3) is 1.97. The van der Waals surface area contributed by atoms with Crippen LogP contribution in [0.5, 0.6) is 0 Å². The zero-order chi connectivity index (χ0) is 8.39. The van der Waals surface area contributed by atoms with E-state index in [2.05, 4.69) is 10.2 Å². The minimum absolute atomic E-state index is 0.421. The highest BCUT2D eigenvalue weighted by Gasteiger charge is 2.32. The summed E-state index contributed by atoms with van der Waals surface area (Å²) in [6, 6.07) is 0.897. The molecule has 1 aliphatic carbocycles. The molecule has 2 aliphatic rings. The predicted molar refractivity (Wildman–Crippen MR) is 48.3 cm³/mol. The Kier molecular flexibility index (Phi) is 2.63. The summed E-state index contributed by atoms with van der Waals surface area (Å²) in [6.45, 7) is 4.18. The molecule has 1 saturated heterocycles. The largest absolute Gasteiger partial charge is 0.374 e. The maximum atomic E-state index is 5.62. The number of nitrogens with zero attached hydrogens (tertiary/aromatic N) is 1. The van der Waals surface area contributed by atoms with Crippen LogP contribution in [0.3, 0.4) is 0 Å². The summed E-state index contributed by atoms with van der Waals surface area (Å²) in [4.78, 5) is 2.57. The van der Waals surface area contributed by atoms with Gasteiger partial charge in [-0.15, -0.1) is 0 Å². The molecule has 0 aromatic heterocycles. The van der Waals surface area contributed by atoms with Gasteiger partial charge in [0, 0.05) is 25.7 Å². The Hall–Kier alpha value is -0.120. The monoisotopic (exact) mass is 170 g/mol. The van der Waals surface area contributed by atoms with Crippen LogP contribution < -0.4 is 5.32 Å². The topological polar surface area (TPSA) is 24.5 Å². The van der Waals surface area contributed by atoms with Crippen LogP contribution in [0.1, 0.15) is 12.8 Å². The number of hydrogen-bond acceptors (Lipinski definition) is 3. The molecule has 70 valence electrons. The summed E-state index contributed by atoms with van der Waals surface area (Å²) in [7, 11) is 1.99. The van der Waals surface area contributed by atoms with Gasteiger partial charge in [-0.3, -0.25) is 4.90 Å². The van der Waals surface area contributed by atoms with Gasteiger partial charge in [-0.05, 0) is 19.9 Å². The van der Waals surface area contributed by atoms with E-state index in [1.807, 2.05) is 7.05 Å². The summed E-state index contributed by atoms with van der Waals surface area (Å²) in [5.41, 5.74) is 0. The standard InChI is InChI=1S/C9H18N2O/c1-10-6-9-7-11(4-5-12-9)8-2-3-8/h8-10H,2-7H2,1H3. The van der Waals surface area contributed by atoms with Crippen LogP contribution in [0.4, 0.5) is 0 Å². The highest BCUT2D eigenvalue weighted by molar-refractivity contribution is 4.87. The molecule has 0 aromatic rings. The first-order valence-electron chi connectivity index (χ1n) is 4.90. The van der Waals surface area contributed by atoms with Crippen molar-refractivity contribution in [2.75, 3.05) is 33.3 Å². The van der Waals surface area contributed by atoms with E-state index in [0.29, 0.717) is 6.10 Å². The van der Waals surface area contributed by atoms with Crippen molar-refractivity contribution in [2.45, 2.75) is 25.0 Å². The van der Waals surface area contributed by atoms with E-state index in [-0.39, 0.29) is 0 Å². The molecule has 0 spiro atoms. The Bertz CT molecular complexity index is 145. The molecule has 1 N–H and O–H groups in total. The van der Waals surface area contributed by atoms with E-state index in [9.17, 15) is 0 Å². The Morgan fingerprint density at radius 2 is 2.33 bits per heavy atom. The smallest absolute Gasteiger partial charge is 0.0826 e. The SMILES string of the molecule is CNCC1CN(C2CC2)CCO1. The fraction of sp³-hybridized carbons (Fsp3) is 1.00. The van der Waals surface area contributed by atoms with Crippen LogP contribution in [-0.2, 0) is 4.74 Å². The number of ether oxygens (including phenoxy) is 1. The minimum Gasteiger partial charge on any atom is -0.374 e. The van der Waals surface area contributed by atoms with Gasteiger partial charge in [-0.1, -0.05) is 0 Å². The van der Waals surface area contributed by atoms with Crippen molar-refractivity contribution in [3.05, 3.63) is 0 Å². The second-order valence-corrected chi connectivity index (χ2v) is 3.78. The number of nitrogens with one attached hydrogen (secondary N) is 1. The lowest BCUT2D eigenvalue weighted by Crippen LogP contribution is -2.46. The molecule has 2 rings (SSSR count). The average Bonchev–Trinajstić information content (AvgIpc) is 2.88. The quantitative estimate of drug-likeness (QED) is 0.648. The first-order valence-corrected chi connectivity index (χ1v) is 4.90. The van der Waals surface area contributed by atoms with E-state index in [4.69, 9.17) is 4.74 Å². The first kappa shape index (κ1) is 8.48. The van der Waals surface area contributed by atoms with Gasteiger partial charge in [0.2, 0.25) is 0 Å². The summed E-state index contributed by atoms with van der Waals surface area (Å²) in [6.07, 6.45) is 3.24. The zero-order valence-corrected chi connectivity index (χ0v) is 7.75. The zero-order valence-electron chi connectivity index (χ0n) is 7.75. The van der Waals surface area contributed by atoms with Gasteiger partial charge in [0.05, 0.1) is 12.7 Å². The first-order chi connectivity index (χ1) is 5.90. The molecule has 1 aliphatic heterocycles. The van der Waals surface area contributed by atoms with E-state index in [1.165, 1.54) is 12.8 Å². The van der Waals surface area contributed by atoms with Crippen molar-refractivity contribution in [1.82, 2.24) is 10.2 Å². The van der Waals surface area contributed by atoms with Gasteiger partial charge < -0.3 is 10.1 Å². The van der Waals surface area contributed by atoms with Gasteiger partial charge in [0.25, 0.3) is 0 Å². The molecule has 0 amide bonds. The van der Waals surface area contributed by atoms with Crippen molar-refractivity contribution in [1.29, 1.82) is 0 Å². The molecule has 12 heavy (non-hydrogen) atoms. The van der Waals surface area contributed by atoms with E-state index in [1.54, 1.807) is 0 Å². The summed E-state index contributed by atoms with van der Waals surface area (Å²) >= 11 is 0. The van der Waals surface area contributed by atoms with Gasteiger partial charge in [-0.25, -0.2) is 0 Å². The molecular formula is C9H18N2O. The Balaban J connectivity index is 1.77. The second kappa shape index (κ2) is 3.73. The molecule has 1 atom stereocenters. The second-order valence-electron chi connectivity index (χ2n) is 3.78. The number of morpholine rings is 1. The van der Waals surface area contributed by atoms with Crippen molar-refractivity contribution < 1.29 is 4.74 Å². The third-order valence-electron chi connectivity index (χ3n) is 2.67. The van der Waals surface area contributed by atoms with Crippen molar-refractivity contribution in [2.24, 2.45) is 0 Å². The fourth-order valence-electron chi connectivity index (χ4n) is 1.86. The fourth-order valence-corrected chi connectivity index (χ4v) is 1.86. The third-order valence-corrected chi connectivity index (χ3v) is 2.67. The molecule has 3 heteroatoms. The van der Waals surface area contributed by atoms with Crippen LogP contribution in [0.25, 0.3) is 0 Å². The summed E-state index contributed by atoms with van der Waals surface area (Å²) < 4.78 is 5.62.